The van der Waals surface area contributed by atoms with E-state index in [9.17, 15) is 4.79 Å². The number of amides is 1. The van der Waals surface area contributed by atoms with Crippen molar-refractivity contribution >= 4 is 23.2 Å². The van der Waals surface area contributed by atoms with Crippen LogP contribution >= 0.6 is 11.6 Å². The van der Waals surface area contributed by atoms with Crippen molar-refractivity contribution in [3.8, 4) is 22.8 Å². The number of para-hydroxylation sites is 2. The number of methoxy groups -OCH3 is 1. The predicted molar refractivity (Wildman–Crippen MR) is 121 cm³/mol. The lowest BCUT2D eigenvalue weighted by molar-refractivity contribution is 0.0747. The van der Waals surface area contributed by atoms with Gasteiger partial charge in [-0.2, -0.15) is 5.10 Å². The van der Waals surface area contributed by atoms with Gasteiger partial charge < -0.3 is 19.3 Å². The zero-order valence-electron chi connectivity index (χ0n) is 17.6. The molecule has 1 aliphatic heterocycles. The number of H-pyrrole nitrogens is 1. The number of ether oxygens (including phenoxy) is 2. The highest BCUT2D eigenvalue weighted by atomic mass is 35.5. The molecule has 8 heteroatoms. The number of nitrogens with zero attached hydrogens (tertiary/aromatic N) is 3. The maximum atomic E-state index is 13.2. The van der Waals surface area contributed by atoms with Crippen LogP contribution in [0.15, 0.2) is 48.7 Å². The first-order chi connectivity index (χ1) is 15.1. The number of piperazine rings is 1. The van der Waals surface area contributed by atoms with Gasteiger partial charge in [-0.25, -0.2) is 0 Å². The molecule has 0 atom stereocenters. The monoisotopic (exact) mass is 440 g/mol. The maximum absolute atomic E-state index is 13.2. The minimum Gasteiger partial charge on any atom is -0.495 e. The van der Waals surface area contributed by atoms with Crippen LogP contribution in [0.4, 0.5) is 5.69 Å². The van der Waals surface area contributed by atoms with Crippen LogP contribution < -0.4 is 14.4 Å². The van der Waals surface area contributed by atoms with Gasteiger partial charge in [0.2, 0.25) is 0 Å². The second kappa shape index (κ2) is 9.31. The molecule has 0 saturated carbocycles. The molecule has 0 bridgehead atoms. The smallest absolute Gasteiger partial charge is 0.257 e. The summed E-state index contributed by atoms with van der Waals surface area (Å²) in [7, 11) is 1.67. The van der Waals surface area contributed by atoms with Gasteiger partial charge >= 0.3 is 0 Å². The van der Waals surface area contributed by atoms with Crippen molar-refractivity contribution in [3.05, 3.63) is 59.2 Å². The van der Waals surface area contributed by atoms with Gasteiger partial charge in [0.15, 0.2) is 0 Å². The molecule has 0 unspecified atom stereocenters. The minimum atomic E-state index is -0.0477. The predicted octanol–water partition coefficient (Wildman–Crippen LogP) is 4.10. The third-order valence-corrected chi connectivity index (χ3v) is 5.68. The molecule has 3 aromatic rings. The largest absolute Gasteiger partial charge is 0.495 e. The van der Waals surface area contributed by atoms with Crippen molar-refractivity contribution in [1.82, 2.24) is 15.1 Å². The molecule has 1 aliphatic rings. The van der Waals surface area contributed by atoms with Crippen molar-refractivity contribution in [2.75, 3.05) is 44.8 Å². The van der Waals surface area contributed by atoms with Crippen molar-refractivity contribution in [3.63, 3.8) is 0 Å². The molecule has 2 aromatic carbocycles. The van der Waals surface area contributed by atoms with Gasteiger partial charge in [0.25, 0.3) is 5.91 Å². The van der Waals surface area contributed by atoms with E-state index in [1.54, 1.807) is 19.4 Å². The molecule has 4 rings (SSSR count). The Kier molecular flexibility index (Phi) is 6.32. The van der Waals surface area contributed by atoms with Crippen LogP contribution in [0.25, 0.3) is 11.3 Å². The van der Waals surface area contributed by atoms with Gasteiger partial charge in [0, 0.05) is 31.7 Å². The third-order valence-electron chi connectivity index (χ3n) is 5.38. The molecule has 1 saturated heterocycles. The highest BCUT2D eigenvalue weighted by Gasteiger charge is 2.26. The minimum absolute atomic E-state index is 0.0477. The van der Waals surface area contributed by atoms with Gasteiger partial charge in [-0.05, 0) is 37.3 Å². The fraction of sp³-hybridized carbons (Fsp3) is 0.304. The van der Waals surface area contributed by atoms with E-state index in [2.05, 4.69) is 15.1 Å². The zero-order valence-corrected chi connectivity index (χ0v) is 18.4. The van der Waals surface area contributed by atoms with Crippen LogP contribution in [0.3, 0.4) is 0 Å². The second-order valence-electron chi connectivity index (χ2n) is 7.19. The van der Waals surface area contributed by atoms with E-state index >= 15 is 0 Å². The summed E-state index contributed by atoms with van der Waals surface area (Å²) in [4.78, 5) is 17.3. The molecular formula is C23H25ClN4O3. The number of carbonyl (C=O) groups is 1. The van der Waals surface area contributed by atoms with Crippen molar-refractivity contribution in [2.24, 2.45) is 0 Å². The van der Waals surface area contributed by atoms with Gasteiger partial charge in [0.05, 0.1) is 41.9 Å². The van der Waals surface area contributed by atoms with Crippen molar-refractivity contribution in [2.45, 2.75) is 6.92 Å². The van der Waals surface area contributed by atoms with E-state index in [0.717, 1.165) is 30.1 Å². The number of anilines is 1. The van der Waals surface area contributed by atoms with E-state index in [-0.39, 0.29) is 5.91 Å². The topological polar surface area (TPSA) is 70.7 Å². The second-order valence-corrected chi connectivity index (χ2v) is 7.60. The van der Waals surface area contributed by atoms with Crippen molar-refractivity contribution < 1.29 is 14.3 Å². The summed E-state index contributed by atoms with van der Waals surface area (Å²) in [5, 5.41) is 7.56. The first-order valence-electron chi connectivity index (χ1n) is 10.3. The molecule has 1 N–H and O–H groups in total. The van der Waals surface area contributed by atoms with E-state index in [0.29, 0.717) is 41.7 Å². The fourth-order valence-electron chi connectivity index (χ4n) is 3.81. The molecule has 1 aromatic heterocycles. The molecule has 2 heterocycles. The van der Waals surface area contributed by atoms with E-state index in [1.807, 2.05) is 48.2 Å². The molecular weight excluding hydrogens is 416 g/mol. The first kappa shape index (κ1) is 21.1. The van der Waals surface area contributed by atoms with Gasteiger partial charge in [0.1, 0.15) is 11.5 Å². The van der Waals surface area contributed by atoms with Crippen LogP contribution in [0.2, 0.25) is 5.02 Å². The molecule has 162 valence electrons. The summed E-state index contributed by atoms with van der Waals surface area (Å²) in [6.07, 6.45) is 1.58. The highest BCUT2D eigenvalue weighted by molar-refractivity contribution is 6.32. The number of halogens is 1. The summed E-state index contributed by atoms with van der Waals surface area (Å²) in [6.45, 7) is 5.14. The SMILES string of the molecule is CCOc1ccc(-c2[nH]ncc2C(=O)N2CCN(c3ccccc3OC)CC2)cc1Cl. The molecule has 0 aliphatic carbocycles. The standard InChI is InChI=1S/C23H25ClN4O3/c1-3-31-20-9-8-16(14-18(20)24)22-17(15-25-26-22)23(29)28-12-10-27(11-13-28)19-6-4-5-7-21(19)30-2/h4-9,14-15H,3,10-13H2,1-2H3,(H,25,26). The van der Waals surface area contributed by atoms with E-state index in [4.69, 9.17) is 21.1 Å². The average Bonchev–Trinajstić information content (AvgIpc) is 3.30. The number of hydrogen-bond donors (Lipinski definition) is 1. The third kappa shape index (κ3) is 4.32. The molecule has 1 amide bonds. The molecule has 0 radical (unpaired) electrons. The van der Waals surface area contributed by atoms with Gasteiger partial charge in [-0.1, -0.05) is 23.7 Å². The quantitative estimate of drug-likeness (QED) is 0.624. The lowest BCUT2D eigenvalue weighted by Gasteiger charge is -2.36. The highest BCUT2D eigenvalue weighted by Crippen LogP contribution is 2.32. The lowest BCUT2D eigenvalue weighted by atomic mass is 10.1. The Hall–Kier alpha value is -3.19. The number of rotatable bonds is 6. The summed E-state index contributed by atoms with van der Waals surface area (Å²) in [5.74, 6) is 1.41. The van der Waals surface area contributed by atoms with Crippen LogP contribution in [-0.4, -0.2) is 60.9 Å². The van der Waals surface area contributed by atoms with Crippen LogP contribution in [0, 0.1) is 0 Å². The van der Waals surface area contributed by atoms with Crippen LogP contribution in [0.5, 0.6) is 11.5 Å². The zero-order chi connectivity index (χ0) is 21.8. The first-order valence-corrected chi connectivity index (χ1v) is 10.6. The Balaban J connectivity index is 1.48. The Morgan fingerprint density at radius 3 is 2.61 bits per heavy atom. The maximum Gasteiger partial charge on any atom is 0.257 e. The average molecular weight is 441 g/mol. The number of nitrogens with one attached hydrogen (secondary N) is 1. The fourth-order valence-corrected chi connectivity index (χ4v) is 4.04. The molecule has 1 fully saturated rings. The number of benzene rings is 2. The Morgan fingerprint density at radius 2 is 1.90 bits per heavy atom. The van der Waals surface area contributed by atoms with Crippen molar-refractivity contribution in [1.29, 1.82) is 0 Å². The molecule has 31 heavy (non-hydrogen) atoms. The number of carbonyl (C=O) groups excluding carboxylic acids is 1. The van der Waals surface area contributed by atoms with Gasteiger partial charge in [-0.3, -0.25) is 9.89 Å². The van der Waals surface area contributed by atoms with E-state index in [1.165, 1.54) is 0 Å². The Labute approximate surface area is 186 Å². The van der Waals surface area contributed by atoms with Crippen LogP contribution in [0.1, 0.15) is 17.3 Å². The van der Waals surface area contributed by atoms with Crippen LogP contribution in [-0.2, 0) is 0 Å². The lowest BCUT2D eigenvalue weighted by Crippen LogP contribution is -2.48. The Bertz CT molecular complexity index is 1060. The number of aromatic amines is 1. The normalized spacial score (nSPS) is 13.9. The number of aromatic nitrogens is 2. The Morgan fingerprint density at radius 1 is 1.13 bits per heavy atom. The van der Waals surface area contributed by atoms with E-state index < -0.39 is 0 Å². The number of hydrogen-bond acceptors (Lipinski definition) is 5. The summed E-state index contributed by atoms with van der Waals surface area (Å²) < 4.78 is 11.0. The summed E-state index contributed by atoms with van der Waals surface area (Å²) in [6, 6.07) is 13.4. The summed E-state index contributed by atoms with van der Waals surface area (Å²) in [5.41, 5.74) is 3.03. The van der Waals surface area contributed by atoms with Gasteiger partial charge in [-0.15, -0.1) is 0 Å². The molecule has 7 nitrogen and oxygen atoms in total. The summed E-state index contributed by atoms with van der Waals surface area (Å²) >= 11 is 6.33. The molecule has 0 spiro atoms.